The second-order valence-corrected chi connectivity index (χ2v) is 7.83. The van der Waals surface area contributed by atoms with Gasteiger partial charge in [0.2, 0.25) is 5.91 Å². The Labute approximate surface area is 157 Å². The van der Waals surface area contributed by atoms with Gasteiger partial charge in [0.15, 0.2) is 0 Å². The Morgan fingerprint density at radius 3 is 3.00 bits per heavy atom. The summed E-state index contributed by atoms with van der Waals surface area (Å²) in [6.45, 7) is 3.24. The molecule has 0 spiro atoms. The Morgan fingerprint density at radius 1 is 1.37 bits per heavy atom. The van der Waals surface area contributed by atoms with E-state index in [1.807, 2.05) is 17.9 Å². The highest BCUT2D eigenvalue weighted by atomic mass is 19.1. The summed E-state index contributed by atoms with van der Waals surface area (Å²) in [5.41, 5.74) is 5.82. The minimum Gasteiger partial charge on any atom is -0.356 e. The Bertz CT molecular complexity index is 1030. The van der Waals surface area contributed by atoms with E-state index in [2.05, 4.69) is 15.2 Å². The number of benzene rings is 1. The maximum Gasteiger partial charge on any atom is 0.227 e. The molecule has 1 saturated carbocycles. The van der Waals surface area contributed by atoms with Gasteiger partial charge in [-0.3, -0.25) is 9.89 Å². The normalized spacial score (nSPS) is 17.2. The molecule has 0 unspecified atom stereocenters. The van der Waals surface area contributed by atoms with Crippen molar-refractivity contribution in [1.82, 2.24) is 20.1 Å². The number of aryl methyl sites for hydroxylation is 1. The number of H-pyrrole nitrogens is 2. The number of aromatic nitrogens is 3. The number of fused-ring (bicyclic) bond motifs is 2. The molecule has 1 aromatic carbocycles. The molecule has 1 aliphatic carbocycles. The third-order valence-corrected chi connectivity index (χ3v) is 6.24. The van der Waals surface area contributed by atoms with Crippen LogP contribution in [-0.2, 0) is 24.2 Å². The molecule has 0 saturated heterocycles. The van der Waals surface area contributed by atoms with E-state index >= 15 is 0 Å². The summed E-state index contributed by atoms with van der Waals surface area (Å²) in [5.74, 6) is 0.369. The Balaban J connectivity index is 1.39. The van der Waals surface area contributed by atoms with E-state index in [0.717, 1.165) is 23.1 Å². The third-order valence-electron chi connectivity index (χ3n) is 6.24. The van der Waals surface area contributed by atoms with Crippen LogP contribution < -0.4 is 0 Å². The standard InChI is InChI=1S/C21H23FN4O/c1-12-15(14-6-3-7-17(22)21(14)23-12)10-19(27)26-9-8-18-16(11-26)20(25-24-18)13-4-2-5-13/h3,6-7,13,23H,2,4-5,8-11H2,1H3,(H,24,25). The van der Waals surface area contributed by atoms with Crippen LogP contribution in [0.4, 0.5) is 4.39 Å². The number of rotatable bonds is 3. The van der Waals surface area contributed by atoms with Gasteiger partial charge in [-0.2, -0.15) is 5.10 Å². The lowest BCUT2D eigenvalue weighted by Gasteiger charge is -2.30. The van der Waals surface area contributed by atoms with Gasteiger partial charge in [0.25, 0.3) is 0 Å². The maximum absolute atomic E-state index is 14.0. The number of para-hydroxylation sites is 1. The molecule has 1 fully saturated rings. The number of aromatic amines is 2. The van der Waals surface area contributed by atoms with E-state index < -0.39 is 0 Å². The summed E-state index contributed by atoms with van der Waals surface area (Å²) in [7, 11) is 0. The van der Waals surface area contributed by atoms with Crippen molar-refractivity contribution < 1.29 is 9.18 Å². The molecule has 3 heterocycles. The molecule has 1 aliphatic heterocycles. The second-order valence-electron chi connectivity index (χ2n) is 7.83. The van der Waals surface area contributed by atoms with Crippen molar-refractivity contribution >= 4 is 16.8 Å². The van der Waals surface area contributed by atoms with Crippen molar-refractivity contribution in [3.05, 3.63) is 52.2 Å². The lowest BCUT2D eigenvalue weighted by Crippen LogP contribution is -2.37. The minimum absolute atomic E-state index is 0.0923. The molecule has 0 radical (unpaired) electrons. The van der Waals surface area contributed by atoms with Crippen molar-refractivity contribution in [2.75, 3.05) is 6.54 Å². The first-order valence-electron chi connectivity index (χ1n) is 9.71. The molecule has 0 bridgehead atoms. The summed E-state index contributed by atoms with van der Waals surface area (Å²) in [4.78, 5) is 18.1. The predicted molar refractivity (Wildman–Crippen MR) is 101 cm³/mol. The summed E-state index contributed by atoms with van der Waals surface area (Å²) in [6, 6.07) is 5.02. The molecule has 3 aromatic rings. The Morgan fingerprint density at radius 2 is 2.22 bits per heavy atom. The fraction of sp³-hybridized carbons (Fsp3) is 0.429. The van der Waals surface area contributed by atoms with Gasteiger partial charge in [0, 0.05) is 47.8 Å². The molecule has 1 amide bonds. The van der Waals surface area contributed by atoms with Crippen molar-refractivity contribution in [1.29, 1.82) is 0 Å². The zero-order valence-electron chi connectivity index (χ0n) is 15.4. The minimum atomic E-state index is -0.277. The zero-order valence-corrected chi connectivity index (χ0v) is 15.4. The van der Waals surface area contributed by atoms with Crippen LogP contribution >= 0.6 is 0 Å². The molecule has 140 valence electrons. The van der Waals surface area contributed by atoms with E-state index in [-0.39, 0.29) is 11.7 Å². The highest BCUT2D eigenvalue weighted by Crippen LogP contribution is 2.39. The number of hydrogen-bond donors (Lipinski definition) is 2. The number of halogens is 1. The van der Waals surface area contributed by atoms with Crippen molar-refractivity contribution in [3.8, 4) is 0 Å². The quantitative estimate of drug-likeness (QED) is 0.742. The predicted octanol–water partition coefficient (Wildman–Crippen LogP) is 3.73. The topological polar surface area (TPSA) is 64.8 Å². The SMILES string of the molecule is Cc1[nH]c2c(F)cccc2c1CC(=O)N1CCc2[nH]nc(C3CCC3)c2C1. The van der Waals surface area contributed by atoms with Gasteiger partial charge < -0.3 is 9.88 Å². The van der Waals surface area contributed by atoms with Gasteiger partial charge in [0.1, 0.15) is 5.82 Å². The van der Waals surface area contributed by atoms with Crippen molar-refractivity contribution in [2.24, 2.45) is 0 Å². The Kier molecular flexibility index (Phi) is 3.81. The monoisotopic (exact) mass is 366 g/mol. The van der Waals surface area contributed by atoms with Gasteiger partial charge in [-0.05, 0) is 31.4 Å². The van der Waals surface area contributed by atoms with Crippen LogP contribution in [0.1, 0.15) is 53.4 Å². The summed E-state index contributed by atoms with van der Waals surface area (Å²) < 4.78 is 14.0. The molecule has 5 nitrogen and oxygen atoms in total. The summed E-state index contributed by atoms with van der Waals surface area (Å²) in [6.07, 6.45) is 4.78. The summed E-state index contributed by atoms with van der Waals surface area (Å²) in [5, 5.41) is 8.53. The average Bonchev–Trinajstić information content (AvgIpc) is 3.16. The molecular weight excluding hydrogens is 343 g/mol. The first kappa shape index (κ1) is 16.5. The van der Waals surface area contributed by atoms with Crippen LogP contribution in [0.25, 0.3) is 10.9 Å². The molecular formula is C21H23FN4O. The van der Waals surface area contributed by atoms with Crippen LogP contribution in [0.2, 0.25) is 0 Å². The molecule has 2 aromatic heterocycles. The maximum atomic E-state index is 14.0. The zero-order chi connectivity index (χ0) is 18.5. The smallest absolute Gasteiger partial charge is 0.227 e. The van der Waals surface area contributed by atoms with Crippen LogP contribution in [0.3, 0.4) is 0 Å². The van der Waals surface area contributed by atoms with Crippen molar-refractivity contribution in [2.45, 2.75) is 51.5 Å². The van der Waals surface area contributed by atoms with E-state index in [1.54, 1.807) is 6.07 Å². The number of amides is 1. The number of hydrogen-bond acceptors (Lipinski definition) is 2. The third kappa shape index (κ3) is 2.66. The highest BCUT2D eigenvalue weighted by Gasteiger charge is 2.31. The van der Waals surface area contributed by atoms with Gasteiger partial charge in [-0.25, -0.2) is 4.39 Å². The molecule has 2 aliphatic rings. The van der Waals surface area contributed by atoms with E-state index in [1.165, 1.54) is 42.3 Å². The first-order chi connectivity index (χ1) is 13.1. The lowest BCUT2D eigenvalue weighted by molar-refractivity contribution is -0.131. The van der Waals surface area contributed by atoms with Crippen LogP contribution in [-0.4, -0.2) is 32.5 Å². The molecule has 6 heteroatoms. The van der Waals surface area contributed by atoms with E-state index in [0.29, 0.717) is 30.9 Å². The lowest BCUT2D eigenvalue weighted by atomic mass is 9.80. The van der Waals surface area contributed by atoms with Gasteiger partial charge in [-0.1, -0.05) is 18.6 Å². The van der Waals surface area contributed by atoms with Crippen LogP contribution in [0.5, 0.6) is 0 Å². The first-order valence-corrected chi connectivity index (χ1v) is 9.71. The number of nitrogens with zero attached hydrogens (tertiary/aromatic N) is 2. The average molecular weight is 366 g/mol. The van der Waals surface area contributed by atoms with Gasteiger partial charge >= 0.3 is 0 Å². The Hall–Kier alpha value is -2.63. The van der Waals surface area contributed by atoms with E-state index in [9.17, 15) is 9.18 Å². The molecule has 2 N–H and O–H groups in total. The fourth-order valence-corrected chi connectivity index (χ4v) is 4.41. The number of carbonyl (C=O) groups is 1. The van der Waals surface area contributed by atoms with Crippen molar-refractivity contribution in [3.63, 3.8) is 0 Å². The molecule has 5 rings (SSSR count). The largest absolute Gasteiger partial charge is 0.356 e. The number of nitrogens with one attached hydrogen (secondary N) is 2. The van der Waals surface area contributed by atoms with Gasteiger partial charge in [0.05, 0.1) is 17.6 Å². The van der Waals surface area contributed by atoms with Crippen LogP contribution in [0.15, 0.2) is 18.2 Å². The molecule has 0 atom stereocenters. The van der Waals surface area contributed by atoms with E-state index in [4.69, 9.17) is 0 Å². The highest BCUT2D eigenvalue weighted by molar-refractivity contribution is 5.90. The molecule has 27 heavy (non-hydrogen) atoms. The number of carbonyl (C=O) groups excluding carboxylic acids is 1. The van der Waals surface area contributed by atoms with Gasteiger partial charge in [-0.15, -0.1) is 0 Å². The summed E-state index contributed by atoms with van der Waals surface area (Å²) >= 11 is 0. The fourth-order valence-electron chi connectivity index (χ4n) is 4.41. The van der Waals surface area contributed by atoms with Crippen LogP contribution in [0, 0.1) is 12.7 Å². The second kappa shape index (κ2) is 6.22.